The Morgan fingerprint density at radius 1 is 1.17 bits per heavy atom. The van der Waals surface area contributed by atoms with Gasteiger partial charge in [-0.2, -0.15) is 0 Å². The largest absolute Gasteiger partial charge is 0.348 e. The number of hydrogen-bond donors (Lipinski definition) is 0. The van der Waals surface area contributed by atoms with Crippen molar-refractivity contribution >= 4 is 10.9 Å². The number of benzene rings is 1. The molecule has 124 valence electrons. The number of likely N-dealkylation sites (tertiary alicyclic amines) is 1. The SMILES string of the molecule is C[C@@H]1CCCN1CCc1cc2cc(-c3cccnc3)ccc2n1C. The third kappa shape index (κ3) is 2.84. The van der Waals surface area contributed by atoms with Crippen LogP contribution >= 0.6 is 0 Å². The lowest BCUT2D eigenvalue weighted by atomic mass is 10.1. The van der Waals surface area contributed by atoms with Crippen molar-refractivity contribution in [1.29, 1.82) is 0 Å². The van der Waals surface area contributed by atoms with Gasteiger partial charge in [-0.25, -0.2) is 0 Å². The lowest BCUT2D eigenvalue weighted by Gasteiger charge is -2.20. The summed E-state index contributed by atoms with van der Waals surface area (Å²) < 4.78 is 2.35. The summed E-state index contributed by atoms with van der Waals surface area (Å²) in [6, 6.07) is 13.9. The normalized spacial score (nSPS) is 18.5. The molecule has 24 heavy (non-hydrogen) atoms. The Hall–Kier alpha value is -2.13. The van der Waals surface area contributed by atoms with Gasteiger partial charge in [0.2, 0.25) is 0 Å². The van der Waals surface area contributed by atoms with Crippen molar-refractivity contribution in [3.8, 4) is 11.1 Å². The minimum absolute atomic E-state index is 0.747. The summed E-state index contributed by atoms with van der Waals surface area (Å²) >= 11 is 0. The predicted molar refractivity (Wildman–Crippen MR) is 100 cm³/mol. The van der Waals surface area contributed by atoms with E-state index in [-0.39, 0.29) is 0 Å². The van der Waals surface area contributed by atoms with Gasteiger partial charge in [-0.3, -0.25) is 4.98 Å². The minimum atomic E-state index is 0.747. The minimum Gasteiger partial charge on any atom is -0.348 e. The number of aryl methyl sites for hydroxylation is 1. The van der Waals surface area contributed by atoms with E-state index in [0.29, 0.717) is 0 Å². The van der Waals surface area contributed by atoms with E-state index in [1.54, 1.807) is 0 Å². The summed E-state index contributed by atoms with van der Waals surface area (Å²) in [5, 5.41) is 1.32. The van der Waals surface area contributed by atoms with Crippen LogP contribution < -0.4 is 0 Å². The highest BCUT2D eigenvalue weighted by Crippen LogP contribution is 2.26. The average Bonchev–Trinajstić information content (AvgIpc) is 3.17. The molecule has 0 aliphatic carbocycles. The average molecular weight is 319 g/mol. The summed E-state index contributed by atoms with van der Waals surface area (Å²) in [4.78, 5) is 6.86. The van der Waals surface area contributed by atoms with Crippen LogP contribution in [-0.2, 0) is 13.5 Å². The van der Waals surface area contributed by atoms with Crippen LogP contribution in [0.2, 0.25) is 0 Å². The topological polar surface area (TPSA) is 21.1 Å². The summed E-state index contributed by atoms with van der Waals surface area (Å²) in [6.07, 6.45) is 7.58. The van der Waals surface area contributed by atoms with E-state index in [1.165, 1.54) is 53.7 Å². The summed E-state index contributed by atoms with van der Waals surface area (Å²) in [7, 11) is 2.19. The standard InChI is InChI=1S/C21H25N3/c1-16-5-4-11-24(16)12-9-20-14-19-13-17(7-8-21(19)23(20)2)18-6-3-10-22-15-18/h3,6-8,10,13-16H,4-5,9,11-12H2,1-2H3/t16-/m1/s1. The number of nitrogens with zero attached hydrogens (tertiary/aromatic N) is 3. The fourth-order valence-corrected chi connectivity index (χ4v) is 3.94. The Labute approximate surface area is 143 Å². The van der Waals surface area contributed by atoms with Gasteiger partial charge in [-0.15, -0.1) is 0 Å². The first-order valence-electron chi connectivity index (χ1n) is 8.95. The van der Waals surface area contributed by atoms with Crippen molar-refractivity contribution < 1.29 is 0 Å². The second-order valence-corrected chi connectivity index (χ2v) is 6.99. The molecule has 0 unspecified atom stereocenters. The van der Waals surface area contributed by atoms with Crippen LogP contribution in [0.1, 0.15) is 25.5 Å². The molecule has 1 atom stereocenters. The van der Waals surface area contributed by atoms with Crippen molar-refractivity contribution in [2.75, 3.05) is 13.1 Å². The fraction of sp³-hybridized carbons (Fsp3) is 0.381. The number of aromatic nitrogens is 2. The second-order valence-electron chi connectivity index (χ2n) is 6.99. The van der Waals surface area contributed by atoms with Gasteiger partial charge < -0.3 is 9.47 Å². The molecule has 4 rings (SSSR count). The van der Waals surface area contributed by atoms with Crippen LogP contribution in [0.4, 0.5) is 0 Å². The summed E-state index contributed by atoms with van der Waals surface area (Å²) in [6.45, 7) is 4.78. The van der Waals surface area contributed by atoms with Gasteiger partial charge in [-0.05, 0) is 56.1 Å². The first-order chi connectivity index (χ1) is 11.7. The lowest BCUT2D eigenvalue weighted by Crippen LogP contribution is -2.29. The molecule has 0 radical (unpaired) electrons. The van der Waals surface area contributed by atoms with Crippen LogP contribution in [0.3, 0.4) is 0 Å². The lowest BCUT2D eigenvalue weighted by molar-refractivity contribution is 0.271. The molecular weight excluding hydrogens is 294 g/mol. The molecule has 3 nitrogen and oxygen atoms in total. The van der Waals surface area contributed by atoms with Crippen molar-refractivity contribution in [1.82, 2.24) is 14.5 Å². The molecular formula is C21H25N3. The van der Waals surface area contributed by atoms with E-state index in [4.69, 9.17) is 0 Å². The first kappa shape index (κ1) is 15.4. The van der Waals surface area contributed by atoms with Crippen LogP contribution in [-0.4, -0.2) is 33.6 Å². The monoisotopic (exact) mass is 319 g/mol. The van der Waals surface area contributed by atoms with E-state index in [2.05, 4.69) is 58.8 Å². The van der Waals surface area contributed by atoms with E-state index in [1.807, 2.05) is 18.5 Å². The van der Waals surface area contributed by atoms with Crippen molar-refractivity contribution in [3.63, 3.8) is 0 Å². The third-order valence-corrected chi connectivity index (χ3v) is 5.48. The molecule has 1 saturated heterocycles. The molecule has 0 N–H and O–H groups in total. The van der Waals surface area contributed by atoms with Gasteiger partial charge in [0.25, 0.3) is 0 Å². The maximum Gasteiger partial charge on any atom is 0.0480 e. The predicted octanol–water partition coefficient (Wildman–Crippen LogP) is 4.27. The maximum atomic E-state index is 4.23. The van der Waals surface area contributed by atoms with Gasteiger partial charge in [0.15, 0.2) is 0 Å². The zero-order chi connectivity index (χ0) is 16.5. The highest BCUT2D eigenvalue weighted by molar-refractivity contribution is 5.86. The van der Waals surface area contributed by atoms with Gasteiger partial charge in [0.05, 0.1) is 0 Å². The zero-order valence-corrected chi connectivity index (χ0v) is 14.6. The second kappa shape index (κ2) is 6.40. The Morgan fingerprint density at radius 3 is 2.83 bits per heavy atom. The van der Waals surface area contributed by atoms with Crippen LogP contribution in [0.25, 0.3) is 22.0 Å². The molecule has 0 bridgehead atoms. The molecule has 1 aliphatic heterocycles. The zero-order valence-electron chi connectivity index (χ0n) is 14.6. The maximum absolute atomic E-state index is 4.23. The quantitative estimate of drug-likeness (QED) is 0.716. The highest BCUT2D eigenvalue weighted by atomic mass is 15.2. The Balaban J connectivity index is 1.60. The van der Waals surface area contributed by atoms with E-state index >= 15 is 0 Å². The van der Waals surface area contributed by atoms with Gasteiger partial charge in [-0.1, -0.05) is 12.1 Å². The van der Waals surface area contributed by atoms with E-state index in [9.17, 15) is 0 Å². The molecule has 1 aromatic carbocycles. The summed E-state index contributed by atoms with van der Waals surface area (Å²) in [5.74, 6) is 0. The molecule has 1 aliphatic rings. The Kier molecular flexibility index (Phi) is 4.11. The number of hydrogen-bond acceptors (Lipinski definition) is 2. The Morgan fingerprint density at radius 2 is 2.08 bits per heavy atom. The highest BCUT2D eigenvalue weighted by Gasteiger charge is 2.20. The van der Waals surface area contributed by atoms with E-state index < -0.39 is 0 Å². The number of rotatable bonds is 4. The van der Waals surface area contributed by atoms with Crippen LogP contribution in [0, 0.1) is 0 Å². The molecule has 1 fully saturated rings. The molecule has 3 aromatic rings. The molecule has 0 saturated carbocycles. The smallest absolute Gasteiger partial charge is 0.0480 e. The van der Waals surface area contributed by atoms with Gasteiger partial charge in [0.1, 0.15) is 0 Å². The van der Waals surface area contributed by atoms with Crippen molar-refractivity contribution in [3.05, 3.63) is 54.5 Å². The Bertz CT molecular complexity index is 835. The molecule has 0 spiro atoms. The first-order valence-corrected chi connectivity index (χ1v) is 8.95. The van der Waals surface area contributed by atoms with Crippen LogP contribution in [0.5, 0.6) is 0 Å². The van der Waals surface area contributed by atoms with Gasteiger partial charge >= 0.3 is 0 Å². The molecule has 3 heteroatoms. The third-order valence-electron chi connectivity index (χ3n) is 5.48. The number of pyridine rings is 1. The molecule has 0 amide bonds. The number of fused-ring (bicyclic) bond motifs is 1. The molecule has 2 aromatic heterocycles. The van der Waals surface area contributed by atoms with Gasteiger partial charge in [0, 0.05) is 60.6 Å². The van der Waals surface area contributed by atoms with Crippen molar-refractivity contribution in [2.45, 2.75) is 32.2 Å². The van der Waals surface area contributed by atoms with Crippen LogP contribution in [0.15, 0.2) is 48.8 Å². The fourth-order valence-electron chi connectivity index (χ4n) is 3.94. The van der Waals surface area contributed by atoms with E-state index in [0.717, 1.165) is 12.5 Å². The summed E-state index contributed by atoms with van der Waals surface area (Å²) in [5.41, 5.74) is 5.15. The molecule has 3 heterocycles. The van der Waals surface area contributed by atoms with Crippen molar-refractivity contribution in [2.24, 2.45) is 7.05 Å².